The Bertz CT molecular complexity index is 486. The van der Waals surface area contributed by atoms with Crippen molar-refractivity contribution in [3.8, 4) is 5.75 Å². The van der Waals surface area contributed by atoms with Crippen LogP contribution in [0.25, 0.3) is 0 Å². The van der Waals surface area contributed by atoms with Gasteiger partial charge in [0.1, 0.15) is 11.5 Å². The maximum absolute atomic E-state index is 11.8. The Morgan fingerprint density at radius 2 is 2.15 bits per heavy atom. The molecule has 1 saturated heterocycles. The van der Waals surface area contributed by atoms with E-state index in [1.54, 1.807) is 6.92 Å². The Kier molecular flexibility index (Phi) is 4.06. The minimum Gasteiger partial charge on any atom is -0.493 e. The molecule has 1 fully saturated rings. The fraction of sp³-hybridized carbons (Fsp3) is 0.588. The van der Waals surface area contributed by atoms with Gasteiger partial charge in [-0.3, -0.25) is 9.69 Å². The smallest absolute Gasteiger partial charge is 0.146 e. The maximum atomic E-state index is 11.8. The predicted molar refractivity (Wildman–Crippen MR) is 79.2 cm³/mol. The lowest BCUT2D eigenvalue weighted by Gasteiger charge is -2.38. The van der Waals surface area contributed by atoms with Crippen LogP contribution in [-0.2, 0) is 4.79 Å². The van der Waals surface area contributed by atoms with Crippen LogP contribution >= 0.6 is 0 Å². The molecule has 20 heavy (non-hydrogen) atoms. The number of fused-ring (bicyclic) bond motifs is 1. The highest BCUT2D eigenvalue weighted by Gasteiger charge is 2.30. The fourth-order valence-electron chi connectivity index (χ4n) is 3.56. The number of carbonyl (C=O) groups is 1. The van der Waals surface area contributed by atoms with Crippen molar-refractivity contribution in [1.29, 1.82) is 0 Å². The molecule has 0 bridgehead atoms. The summed E-state index contributed by atoms with van der Waals surface area (Å²) in [6.45, 7) is 4.58. The van der Waals surface area contributed by atoms with E-state index in [0.29, 0.717) is 11.7 Å². The van der Waals surface area contributed by atoms with Gasteiger partial charge in [0.05, 0.1) is 12.6 Å². The van der Waals surface area contributed by atoms with E-state index in [0.717, 1.165) is 38.3 Å². The SMILES string of the molecule is CC(=O)C1CCCCN1CC1CCOc2ccccc21. The van der Waals surface area contributed by atoms with Gasteiger partial charge in [-0.2, -0.15) is 0 Å². The molecule has 0 spiro atoms. The second kappa shape index (κ2) is 5.96. The number of hydrogen-bond donors (Lipinski definition) is 0. The molecule has 2 atom stereocenters. The summed E-state index contributed by atoms with van der Waals surface area (Å²) in [4.78, 5) is 14.2. The van der Waals surface area contributed by atoms with E-state index >= 15 is 0 Å². The van der Waals surface area contributed by atoms with E-state index in [1.807, 2.05) is 6.07 Å². The zero-order valence-electron chi connectivity index (χ0n) is 12.2. The van der Waals surface area contributed by atoms with Crippen LogP contribution in [0.15, 0.2) is 24.3 Å². The van der Waals surface area contributed by atoms with E-state index in [4.69, 9.17) is 4.74 Å². The van der Waals surface area contributed by atoms with E-state index < -0.39 is 0 Å². The summed E-state index contributed by atoms with van der Waals surface area (Å²) in [5.74, 6) is 1.85. The highest BCUT2D eigenvalue weighted by Crippen LogP contribution is 2.35. The predicted octanol–water partition coefficient (Wildman–Crippen LogP) is 3.00. The molecular weight excluding hydrogens is 250 g/mol. The van der Waals surface area contributed by atoms with Crippen molar-refractivity contribution in [3.05, 3.63) is 29.8 Å². The lowest BCUT2D eigenvalue weighted by Crippen LogP contribution is -2.46. The van der Waals surface area contributed by atoms with E-state index in [2.05, 4.69) is 23.1 Å². The van der Waals surface area contributed by atoms with Gasteiger partial charge in [0, 0.05) is 12.5 Å². The molecule has 0 N–H and O–H groups in total. The molecule has 0 saturated carbocycles. The van der Waals surface area contributed by atoms with Crippen LogP contribution in [0.2, 0.25) is 0 Å². The van der Waals surface area contributed by atoms with Crippen molar-refractivity contribution in [3.63, 3.8) is 0 Å². The molecule has 3 nitrogen and oxygen atoms in total. The Hall–Kier alpha value is -1.35. The van der Waals surface area contributed by atoms with Crippen LogP contribution in [0.3, 0.4) is 0 Å². The zero-order chi connectivity index (χ0) is 13.9. The average molecular weight is 273 g/mol. The second-order valence-corrected chi connectivity index (χ2v) is 5.99. The van der Waals surface area contributed by atoms with Gasteiger partial charge in [0.15, 0.2) is 0 Å². The Labute approximate surface area is 120 Å². The molecule has 1 aromatic rings. The van der Waals surface area contributed by atoms with Gasteiger partial charge in [-0.15, -0.1) is 0 Å². The summed E-state index contributed by atoms with van der Waals surface area (Å²) in [7, 11) is 0. The van der Waals surface area contributed by atoms with Crippen LogP contribution < -0.4 is 4.74 Å². The molecule has 2 unspecified atom stereocenters. The van der Waals surface area contributed by atoms with Gasteiger partial charge in [-0.25, -0.2) is 0 Å². The molecule has 2 aliphatic rings. The Morgan fingerprint density at radius 1 is 1.30 bits per heavy atom. The molecule has 1 aromatic carbocycles. The molecular formula is C17H23NO2. The number of Topliss-reactive ketones (excluding diaryl/α,β-unsaturated/α-hetero) is 1. The second-order valence-electron chi connectivity index (χ2n) is 5.99. The number of ketones is 1. The summed E-state index contributed by atoms with van der Waals surface area (Å²) < 4.78 is 5.73. The number of benzene rings is 1. The van der Waals surface area contributed by atoms with Gasteiger partial charge in [0.25, 0.3) is 0 Å². The molecule has 0 radical (unpaired) electrons. The van der Waals surface area contributed by atoms with Gasteiger partial charge in [0.2, 0.25) is 0 Å². The number of para-hydroxylation sites is 1. The molecule has 3 heteroatoms. The quantitative estimate of drug-likeness (QED) is 0.848. The summed E-state index contributed by atoms with van der Waals surface area (Å²) in [6.07, 6.45) is 4.48. The van der Waals surface area contributed by atoms with Gasteiger partial charge in [-0.05, 0) is 44.4 Å². The van der Waals surface area contributed by atoms with Crippen LogP contribution in [0, 0.1) is 0 Å². The molecule has 0 aliphatic carbocycles. The third-order valence-corrected chi connectivity index (χ3v) is 4.62. The molecule has 108 valence electrons. The first-order valence-corrected chi connectivity index (χ1v) is 7.72. The lowest BCUT2D eigenvalue weighted by molar-refractivity contribution is -0.123. The van der Waals surface area contributed by atoms with Crippen LogP contribution in [0.4, 0.5) is 0 Å². The standard InChI is InChI=1S/C17H23NO2/c1-13(19)16-7-4-5-10-18(16)12-14-9-11-20-17-8-3-2-6-15(14)17/h2-3,6,8,14,16H,4-5,7,9-12H2,1H3. The number of rotatable bonds is 3. The normalized spacial score (nSPS) is 26.6. The minimum absolute atomic E-state index is 0.138. The number of carbonyl (C=O) groups excluding carboxylic acids is 1. The van der Waals surface area contributed by atoms with Crippen molar-refractivity contribution in [2.24, 2.45) is 0 Å². The van der Waals surface area contributed by atoms with Gasteiger partial charge < -0.3 is 4.74 Å². The largest absolute Gasteiger partial charge is 0.493 e. The molecule has 2 heterocycles. The van der Waals surface area contributed by atoms with Crippen molar-refractivity contribution in [2.45, 2.75) is 44.6 Å². The van der Waals surface area contributed by atoms with Crippen LogP contribution in [-0.4, -0.2) is 36.4 Å². The van der Waals surface area contributed by atoms with Crippen molar-refractivity contribution in [1.82, 2.24) is 4.90 Å². The molecule has 0 amide bonds. The zero-order valence-corrected chi connectivity index (χ0v) is 12.2. The van der Waals surface area contributed by atoms with Gasteiger partial charge >= 0.3 is 0 Å². The molecule has 0 aromatic heterocycles. The Morgan fingerprint density at radius 3 is 3.00 bits per heavy atom. The summed E-state index contributed by atoms with van der Waals surface area (Å²) in [5.41, 5.74) is 1.31. The monoisotopic (exact) mass is 273 g/mol. The van der Waals surface area contributed by atoms with Crippen molar-refractivity contribution in [2.75, 3.05) is 19.7 Å². The topological polar surface area (TPSA) is 29.5 Å². The van der Waals surface area contributed by atoms with E-state index in [9.17, 15) is 4.79 Å². The summed E-state index contributed by atoms with van der Waals surface area (Å²) in [5, 5.41) is 0. The molecule has 3 rings (SSSR count). The average Bonchev–Trinajstić information content (AvgIpc) is 2.48. The molecule has 2 aliphatic heterocycles. The van der Waals surface area contributed by atoms with Crippen LogP contribution in [0.5, 0.6) is 5.75 Å². The summed E-state index contributed by atoms with van der Waals surface area (Å²) in [6, 6.07) is 8.48. The highest BCUT2D eigenvalue weighted by molar-refractivity contribution is 5.81. The number of hydrogen-bond acceptors (Lipinski definition) is 3. The third-order valence-electron chi connectivity index (χ3n) is 4.62. The van der Waals surface area contributed by atoms with Gasteiger partial charge in [-0.1, -0.05) is 24.6 Å². The first-order valence-electron chi connectivity index (χ1n) is 7.72. The van der Waals surface area contributed by atoms with Crippen molar-refractivity contribution >= 4 is 5.78 Å². The van der Waals surface area contributed by atoms with E-state index in [1.165, 1.54) is 18.4 Å². The Balaban J connectivity index is 1.76. The lowest BCUT2D eigenvalue weighted by atomic mass is 9.90. The highest BCUT2D eigenvalue weighted by atomic mass is 16.5. The van der Waals surface area contributed by atoms with Crippen LogP contribution in [0.1, 0.15) is 44.1 Å². The maximum Gasteiger partial charge on any atom is 0.146 e. The summed E-state index contributed by atoms with van der Waals surface area (Å²) >= 11 is 0. The number of likely N-dealkylation sites (tertiary alicyclic amines) is 1. The fourth-order valence-corrected chi connectivity index (χ4v) is 3.56. The first kappa shape index (κ1) is 13.6. The number of ether oxygens (including phenoxy) is 1. The first-order chi connectivity index (χ1) is 9.75. The number of piperidine rings is 1. The number of nitrogens with zero attached hydrogens (tertiary/aromatic N) is 1. The minimum atomic E-state index is 0.138. The third kappa shape index (κ3) is 2.73. The van der Waals surface area contributed by atoms with Crippen molar-refractivity contribution < 1.29 is 9.53 Å². The van der Waals surface area contributed by atoms with E-state index in [-0.39, 0.29) is 6.04 Å².